The van der Waals surface area contributed by atoms with Crippen molar-refractivity contribution in [2.24, 2.45) is 0 Å². The molecule has 1 aliphatic rings. The number of hydrogen-bond acceptors (Lipinski definition) is 7. The van der Waals surface area contributed by atoms with Gasteiger partial charge in [-0.3, -0.25) is 14.5 Å². The third kappa shape index (κ3) is 5.69. The lowest BCUT2D eigenvalue weighted by atomic mass is 10.2. The minimum atomic E-state index is -0.615. The third-order valence-corrected chi connectivity index (χ3v) is 5.93. The number of halogens is 3. The highest BCUT2D eigenvalue weighted by Crippen LogP contribution is 2.34. The van der Waals surface area contributed by atoms with Gasteiger partial charge >= 0.3 is 12.0 Å². The van der Waals surface area contributed by atoms with Gasteiger partial charge in [-0.25, -0.2) is 14.8 Å². The van der Waals surface area contributed by atoms with Crippen LogP contribution in [0, 0.1) is 0 Å². The molecule has 1 fully saturated rings. The second-order valence-electron chi connectivity index (χ2n) is 7.12. The number of urea groups is 1. The minimum Gasteiger partial charge on any atom is -0.466 e. The van der Waals surface area contributed by atoms with Gasteiger partial charge in [0.25, 0.3) is 5.91 Å². The van der Waals surface area contributed by atoms with Gasteiger partial charge in [0, 0.05) is 31.9 Å². The molecule has 0 bridgehead atoms. The predicted molar refractivity (Wildman–Crippen MR) is 128 cm³/mol. The first-order valence-corrected chi connectivity index (χ1v) is 11.5. The lowest BCUT2D eigenvalue weighted by Gasteiger charge is -2.24. The van der Waals surface area contributed by atoms with Crippen molar-refractivity contribution in [2.45, 2.75) is 13.3 Å². The lowest BCUT2D eigenvalue weighted by Crippen LogP contribution is -2.35. The summed E-state index contributed by atoms with van der Waals surface area (Å²) in [5.41, 5.74) is 0.700. The van der Waals surface area contributed by atoms with Crippen molar-refractivity contribution in [1.29, 1.82) is 0 Å². The maximum absolute atomic E-state index is 13.1. The average molecular weight is 531 g/mol. The molecule has 10 nitrogen and oxygen atoms in total. The Balaban J connectivity index is 1.80. The summed E-state index contributed by atoms with van der Waals surface area (Å²) in [5, 5.41) is 9.47. The Hall–Kier alpha value is -2.66. The topological polar surface area (TPSA) is 116 Å². The van der Waals surface area contributed by atoms with Crippen LogP contribution in [0.5, 0.6) is 0 Å². The van der Waals surface area contributed by atoms with Crippen molar-refractivity contribution < 1.29 is 24.2 Å². The molecule has 1 N–H and O–H groups in total. The first-order chi connectivity index (χ1) is 16.3. The normalized spacial score (nSPS) is 13.4. The van der Waals surface area contributed by atoms with Crippen LogP contribution in [-0.4, -0.2) is 77.3 Å². The van der Waals surface area contributed by atoms with Crippen LogP contribution < -0.4 is 9.80 Å². The number of aliphatic hydroxyl groups excluding tert-OH is 1. The average Bonchev–Trinajstić information content (AvgIpc) is 3.16. The van der Waals surface area contributed by atoms with E-state index in [0.29, 0.717) is 24.5 Å². The van der Waals surface area contributed by atoms with Gasteiger partial charge in [-0.15, -0.1) is 0 Å². The molecule has 0 atom stereocenters. The van der Waals surface area contributed by atoms with Crippen LogP contribution in [0.15, 0.2) is 24.5 Å². The summed E-state index contributed by atoms with van der Waals surface area (Å²) in [7, 11) is 0. The minimum absolute atomic E-state index is 0.0691. The highest BCUT2D eigenvalue weighted by molar-refractivity contribution is 6.39. The molecule has 13 heteroatoms. The smallest absolute Gasteiger partial charge is 0.324 e. The number of benzene rings is 1. The van der Waals surface area contributed by atoms with E-state index in [1.54, 1.807) is 24.0 Å². The molecule has 1 aliphatic heterocycles. The largest absolute Gasteiger partial charge is 0.466 e. The number of aliphatic hydroxyl groups is 1. The highest BCUT2D eigenvalue weighted by atomic mass is 35.5. The van der Waals surface area contributed by atoms with Crippen LogP contribution in [0.4, 0.5) is 16.2 Å². The first-order valence-electron chi connectivity index (χ1n) is 10.4. The Kier molecular flexibility index (Phi) is 8.90. The van der Waals surface area contributed by atoms with E-state index >= 15 is 0 Å². The fourth-order valence-corrected chi connectivity index (χ4v) is 4.21. The van der Waals surface area contributed by atoms with Crippen molar-refractivity contribution in [3.05, 3.63) is 45.4 Å². The molecule has 0 radical (unpaired) electrons. The van der Waals surface area contributed by atoms with Crippen LogP contribution >= 0.6 is 34.8 Å². The monoisotopic (exact) mass is 529 g/mol. The van der Waals surface area contributed by atoms with Crippen molar-refractivity contribution in [3.63, 3.8) is 0 Å². The van der Waals surface area contributed by atoms with Crippen molar-refractivity contribution in [1.82, 2.24) is 14.9 Å². The molecule has 2 heterocycles. The van der Waals surface area contributed by atoms with Gasteiger partial charge in [0.2, 0.25) is 0 Å². The zero-order valence-corrected chi connectivity index (χ0v) is 20.5. The van der Waals surface area contributed by atoms with Crippen LogP contribution in [0.1, 0.15) is 23.7 Å². The zero-order valence-electron chi connectivity index (χ0n) is 18.2. The van der Waals surface area contributed by atoms with Gasteiger partial charge in [0.1, 0.15) is 22.2 Å². The Bertz CT molecular complexity index is 1070. The first kappa shape index (κ1) is 26.0. The van der Waals surface area contributed by atoms with Crippen LogP contribution in [0.25, 0.3) is 0 Å². The number of carbonyl (C=O) groups is 3. The number of nitrogens with zero attached hydrogens (tertiary/aromatic N) is 5. The van der Waals surface area contributed by atoms with E-state index in [9.17, 15) is 19.5 Å². The summed E-state index contributed by atoms with van der Waals surface area (Å²) in [6.07, 6.45) is 1.24. The predicted octanol–water partition coefficient (Wildman–Crippen LogP) is 3.27. The number of ether oxygens (including phenoxy) is 1. The van der Waals surface area contributed by atoms with Crippen molar-refractivity contribution in [2.75, 3.05) is 49.2 Å². The van der Waals surface area contributed by atoms with Crippen LogP contribution in [0.2, 0.25) is 15.3 Å². The number of aromatic nitrogens is 2. The van der Waals surface area contributed by atoms with Crippen LogP contribution in [-0.2, 0) is 9.53 Å². The molecular weight excluding hydrogens is 509 g/mol. The summed E-state index contributed by atoms with van der Waals surface area (Å²) in [4.78, 5) is 49.4. The second kappa shape index (κ2) is 11.7. The molecule has 34 heavy (non-hydrogen) atoms. The van der Waals surface area contributed by atoms with E-state index < -0.39 is 5.91 Å². The van der Waals surface area contributed by atoms with Crippen LogP contribution in [0.3, 0.4) is 0 Å². The Morgan fingerprint density at radius 2 is 1.88 bits per heavy atom. The molecule has 0 unspecified atom stereocenters. The van der Waals surface area contributed by atoms with Gasteiger partial charge in [-0.2, -0.15) is 0 Å². The molecule has 0 spiro atoms. The molecule has 3 amide bonds. The van der Waals surface area contributed by atoms with Crippen molar-refractivity contribution >= 4 is 64.1 Å². The number of carbonyl (C=O) groups excluding carboxylic acids is 3. The molecule has 0 saturated carbocycles. The summed E-state index contributed by atoms with van der Waals surface area (Å²) in [5.74, 6) is -0.982. The zero-order chi connectivity index (χ0) is 24.8. The summed E-state index contributed by atoms with van der Waals surface area (Å²) < 4.78 is 4.90. The molecule has 182 valence electrons. The molecular formula is C21H22Cl3N5O5. The molecule has 1 saturated heterocycles. The molecule has 2 aromatic rings. The quantitative estimate of drug-likeness (QED) is 0.391. The Morgan fingerprint density at radius 1 is 1.18 bits per heavy atom. The fraction of sp³-hybridized carbons (Fsp3) is 0.381. The summed E-state index contributed by atoms with van der Waals surface area (Å²) in [6.45, 7) is 2.64. The fourth-order valence-electron chi connectivity index (χ4n) is 3.46. The maximum atomic E-state index is 13.1. The maximum Gasteiger partial charge on any atom is 0.324 e. The number of anilines is 2. The van der Waals surface area contributed by atoms with Gasteiger partial charge in [-0.05, 0) is 25.1 Å². The SMILES string of the molecule is CCOC(=O)CCN1CCN(c2ccc(N(CCO)C(=O)c3c(Cl)ncnc3Cl)cc2Cl)C1=O. The standard InChI is InChI=1S/C21H22Cl3N5O5/c1-2-34-16(31)5-6-27-7-8-29(21(27)33)15-4-3-13(11-14(15)22)28(9-10-30)20(32)17-18(23)25-12-26-19(17)24/h3-4,11-12,30H,2,5-10H2,1H3. The Morgan fingerprint density at radius 3 is 2.50 bits per heavy atom. The highest BCUT2D eigenvalue weighted by Gasteiger charge is 2.32. The number of hydrogen-bond donors (Lipinski definition) is 1. The molecule has 1 aromatic carbocycles. The van der Waals surface area contributed by atoms with E-state index in [2.05, 4.69) is 9.97 Å². The third-order valence-electron chi connectivity index (χ3n) is 5.06. The molecule has 1 aromatic heterocycles. The lowest BCUT2D eigenvalue weighted by molar-refractivity contribution is -0.143. The van der Waals surface area contributed by atoms with Gasteiger partial charge in [-0.1, -0.05) is 34.8 Å². The van der Waals surface area contributed by atoms with E-state index in [4.69, 9.17) is 39.5 Å². The van der Waals surface area contributed by atoms with Crippen molar-refractivity contribution in [3.8, 4) is 0 Å². The second-order valence-corrected chi connectivity index (χ2v) is 8.25. The van der Waals surface area contributed by atoms with E-state index in [-0.39, 0.29) is 65.6 Å². The van der Waals surface area contributed by atoms with Gasteiger partial charge in [0.15, 0.2) is 0 Å². The van der Waals surface area contributed by atoms with E-state index in [0.717, 1.165) is 6.33 Å². The van der Waals surface area contributed by atoms with Gasteiger partial charge in [0.05, 0.1) is 30.3 Å². The summed E-state index contributed by atoms with van der Waals surface area (Å²) in [6, 6.07) is 4.41. The number of esters is 1. The van der Waals surface area contributed by atoms with E-state index in [1.165, 1.54) is 15.9 Å². The summed E-state index contributed by atoms with van der Waals surface area (Å²) >= 11 is 18.6. The number of amides is 3. The van der Waals surface area contributed by atoms with E-state index in [1.807, 2.05) is 0 Å². The van der Waals surface area contributed by atoms with Gasteiger partial charge < -0.3 is 19.6 Å². The molecule has 3 rings (SSSR count). The molecule has 0 aliphatic carbocycles. The Labute approximate surface area is 211 Å². The number of rotatable bonds is 9.